The van der Waals surface area contributed by atoms with E-state index < -0.39 is 0 Å². The summed E-state index contributed by atoms with van der Waals surface area (Å²) in [6.07, 6.45) is 2.45. The highest BCUT2D eigenvalue weighted by atomic mass is 16.3. The second kappa shape index (κ2) is 3.57. The zero-order valence-corrected chi connectivity index (χ0v) is 9.76. The van der Waals surface area contributed by atoms with Gasteiger partial charge >= 0.3 is 0 Å². The standard InChI is InChI=1S/C14H19NO/c1-11(12-5-3-2-4-6-12)15-9-14(16,10-15)13-7-8-13/h2-6,11,13,16H,7-10H2,1H3/t11-/m0/s1. The fourth-order valence-corrected chi connectivity index (χ4v) is 2.75. The Bertz CT molecular complexity index is 366. The third kappa shape index (κ3) is 1.66. The van der Waals surface area contributed by atoms with Gasteiger partial charge in [-0.25, -0.2) is 0 Å². The molecule has 0 spiro atoms. The molecule has 0 aromatic heterocycles. The number of benzene rings is 1. The molecule has 2 fully saturated rings. The summed E-state index contributed by atoms with van der Waals surface area (Å²) in [6.45, 7) is 3.93. The van der Waals surface area contributed by atoms with Crippen molar-refractivity contribution in [3.8, 4) is 0 Å². The molecular formula is C14H19NO. The van der Waals surface area contributed by atoms with E-state index in [4.69, 9.17) is 0 Å². The maximum atomic E-state index is 10.3. The number of β-amino-alcohol motifs (C(OH)–C–C–N with tert-alkyl or cyclic N) is 1. The molecular weight excluding hydrogens is 198 g/mol. The molecule has 1 atom stereocenters. The van der Waals surface area contributed by atoms with Crippen molar-refractivity contribution in [2.24, 2.45) is 5.92 Å². The van der Waals surface area contributed by atoms with Crippen LogP contribution in [0.1, 0.15) is 31.4 Å². The highest BCUT2D eigenvalue weighted by molar-refractivity contribution is 5.20. The van der Waals surface area contributed by atoms with Crippen molar-refractivity contribution in [3.05, 3.63) is 35.9 Å². The molecule has 0 radical (unpaired) electrons. The van der Waals surface area contributed by atoms with Crippen LogP contribution in [-0.4, -0.2) is 28.7 Å². The minimum absolute atomic E-state index is 0.358. The van der Waals surface area contributed by atoms with Gasteiger partial charge in [0.1, 0.15) is 0 Å². The smallest absolute Gasteiger partial charge is 0.0928 e. The number of hydrogen-bond acceptors (Lipinski definition) is 2. The van der Waals surface area contributed by atoms with E-state index in [9.17, 15) is 5.11 Å². The van der Waals surface area contributed by atoms with Crippen LogP contribution in [-0.2, 0) is 0 Å². The van der Waals surface area contributed by atoms with Crippen LogP contribution in [0, 0.1) is 5.92 Å². The second-order valence-corrected chi connectivity index (χ2v) is 5.37. The number of hydrogen-bond donors (Lipinski definition) is 1. The average Bonchev–Trinajstić information content (AvgIpc) is 3.09. The first kappa shape index (κ1) is 10.3. The van der Waals surface area contributed by atoms with Gasteiger partial charge in [0.15, 0.2) is 0 Å². The highest BCUT2D eigenvalue weighted by Crippen LogP contribution is 2.46. The van der Waals surface area contributed by atoms with Crippen molar-refractivity contribution >= 4 is 0 Å². The Morgan fingerprint density at radius 3 is 2.44 bits per heavy atom. The number of nitrogens with zero attached hydrogens (tertiary/aromatic N) is 1. The Labute approximate surface area is 96.9 Å². The third-order valence-corrected chi connectivity index (χ3v) is 4.12. The molecule has 0 bridgehead atoms. The summed E-state index contributed by atoms with van der Waals surface area (Å²) in [7, 11) is 0. The lowest BCUT2D eigenvalue weighted by molar-refractivity contribution is -0.127. The van der Waals surface area contributed by atoms with Gasteiger partial charge in [-0.15, -0.1) is 0 Å². The van der Waals surface area contributed by atoms with E-state index >= 15 is 0 Å². The summed E-state index contributed by atoms with van der Waals surface area (Å²) in [6, 6.07) is 11.0. The van der Waals surface area contributed by atoms with Crippen molar-refractivity contribution in [1.29, 1.82) is 0 Å². The zero-order chi connectivity index (χ0) is 11.2. The predicted octanol–water partition coefficient (Wildman–Crippen LogP) is 2.20. The van der Waals surface area contributed by atoms with Gasteiger partial charge in [0.2, 0.25) is 0 Å². The van der Waals surface area contributed by atoms with Crippen molar-refractivity contribution in [2.45, 2.75) is 31.4 Å². The largest absolute Gasteiger partial charge is 0.387 e. The lowest BCUT2D eigenvalue weighted by Crippen LogP contribution is -2.63. The van der Waals surface area contributed by atoms with E-state index in [1.165, 1.54) is 18.4 Å². The summed E-state index contributed by atoms with van der Waals surface area (Å²) in [5.41, 5.74) is 0.989. The van der Waals surface area contributed by atoms with Crippen molar-refractivity contribution in [3.63, 3.8) is 0 Å². The molecule has 0 unspecified atom stereocenters. The van der Waals surface area contributed by atoms with E-state index in [0.717, 1.165) is 13.1 Å². The van der Waals surface area contributed by atoms with Crippen molar-refractivity contribution in [1.82, 2.24) is 4.90 Å². The van der Waals surface area contributed by atoms with Crippen molar-refractivity contribution < 1.29 is 5.11 Å². The quantitative estimate of drug-likeness (QED) is 0.839. The SMILES string of the molecule is C[C@@H](c1ccccc1)N1CC(O)(C2CC2)C1. The maximum Gasteiger partial charge on any atom is 0.0928 e. The van der Waals surface area contributed by atoms with Gasteiger partial charge in [-0.05, 0) is 31.2 Å². The Kier molecular flexibility index (Phi) is 2.30. The molecule has 1 aliphatic heterocycles. The first-order valence-corrected chi connectivity index (χ1v) is 6.20. The normalized spacial score (nSPS) is 26.1. The minimum Gasteiger partial charge on any atom is -0.387 e. The van der Waals surface area contributed by atoms with Crippen LogP contribution in [0.15, 0.2) is 30.3 Å². The Balaban J connectivity index is 1.64. The molecule has 1 heterocycles. The summed E-state index contributed by atoms with van der Waals surface area (Å²) < 4.78 is 0. The molecule has 16 heavy (non-hydrogen) atoms. The molecule has 0 amide bonds. The van der Waals surface area contributed by atoms with E-state index in [-0.39, 0.29) is 5.60 Å². The van der Waals surface area contributed by atoms with Crippen LogP contribution in [0.25, 0.3) is 0 Å². The molecule has 2 heteroatoms. The van der Waals surface area contributed by atoms with Gasteiger partial charge < -0.3 is 5.11 Å². The van der Waals surface area contributed by atoms with Gasteiger partial charge in [-0.2, -0.15) is 0 Å². The third-order valence-electron chi connectivity index (χ3n) is 4.12. The molecule has 1 aromatic carbocycles. The average molecular weight is 217 g/mol. The number of likely N-dealkylation sites (tertiary alicyclic amines) is 1. The Morgan fingerprint density at radius 1 is 1.25 bits per heavy atom. The molecule has 86 valence electrons. The topological polar surface area (TPSA) is 23.5 Å². The molecule has 3 rings (SSSR count). The van der Waals surface area contributed by atoms with Crippen LogP contribution in [0.2, 0.25) is 0 Å². The van der Waals surface area contributed by atoms with Crippen LogP contribution in [0.3, 0.4) is 0 Å². The maximum absolute atomic E-state index is 10.3. The van der Waals surface area contributed by atoms with Gasteiger partial charge in [-0.1, -0.05) is 30.3 Å². The summed E-state index contributed by atoms with van der Waals surface area (Å²) >= 11 is 0. The second-order valence-electron chi connectivity index (χ2n) is 5.37. The molecule has 1 aromatic rings. The summed E-state index contributed by atoms with van der Waals surface area (Å²) in [5, 5.41) is 10.3. The molecule has 1 saturated carbocycles. The van der Waals surface area contributed by atoms with E-state index in [1.54, 1.807) is 0 Å². The highest BCUT2D eigenvalue weighted by Gasteiger charge is 2.52. The predicted molar refractivity (Wildman–Crippen MR) is 64.1 cm³/mol. The summed E-state index contributed by atoms with van der Waals surface area (Å²) in [5.74, 6) is 0.590. The lowest BCUT2D eigenvalue weighted by atomic mass is 9.86. The monoisotopic (exact) mass is 217 g/mol. The Morgan fingerprint density at radius 2 is 1.88 bits per heavy atom. The summed E-state index contributed by atoms with van der Waals surface area (Å²) in [4.78, 5) is 2.37. The number of aliphatic hydroxyl groups is 1. The lowest BCUT2D eigenvalue weighted by Gasteiger charge is -2.50. The fraction of sp³-hybridized carbons (Fsp3) is 0.571. The molecule has 1 saturated heterocycles. The van der Waals surface area contributed by atoms with Crippen LogP contribution in [0.4, 0.5) is 0 Å². The fourth-order valence-electron chi connectivity index (χ4n) is 2.75. The van der Waals surface area contributed by atoms with E-state index in [2.05, 4.69) is 36.1 Å². The van der Waals surface area contributed by atoms with Gasteiger partial charge in [0, 0.05) is 19.1 Å². The number of rotatable bonds is 3. The molecule has 1 N–H and O–H groups in total. The zero-order valence-electron chi connectivity index (χ0n) is 9.76. The van der Waals surface area contributed by atoms with E-state index in [1.807, 2.05) is 6.07 Å². The van der Waals surface area contributed by atoms with E-state index in [0.29, 0.717) is 12.0 Å². The molecule has 2 nitrogen and oxygen atoms in total. The minimum atomic E-state index is -0.358. The van der Waals surface area contributed by atoms with Crippen LogP contribution < -0.4 is 0 Å². The Hall–Kier alpha value is -0.860. The van der Waals surface area contributed by atoms with Crippen molar-refractivity contribution in [2.75, 3.05) is 13.1 Å². The van der Waals surface area contributed by atoms with Crippen LogP contribution >= 0.6 is 0 Å². The first-order valence-electron chi connectivity index (χ1n) is 6.20. The van der Waals surface area contributed by atoms with Crippen LogP contribution in [0.5, 0.6) is 0 Å². The van der Waals surface area contributed by atoms with Gasteiger partial charge in [0.05, 0.1) is 5.60 Å². The molecule has 2 aliphatic rings. The molecule has 1 aliphatic carbocycles. The first-order chi connectivity index (χ1) is 7.69. The van der Waals surface area contributed by atoms with Gasteiger partial charge in [-0.3, -0.25) is 4.90 Å². The van der Waals surface area contributed by atoms with Gasteiger partial charge in [0.25, 0.3) is 0 Å².